The number of hydrogen-bond donors (Lipinski definition) is 1. The summed E-state index contributed by atoms with van der Waals surface area (Å²) in [5.74, 6) is -0.455. The van der Waals surface area contributed by atoms with Gasteiger partial charge in [0, 0.05) is 19.3 Å². The zero-order chi connectivity index (χ0) is 14.3. The molecule has 0 amide bonds. The molecule has 1 fully saturated rings. The zero-order valence-electron chi connectivity index (χ0n) is 11.5. The summed E-state index contributed by atoms with van der Waals surface area (Å²) in [6.07, 6.45) is 1.72. The van der Waals surface area contributed by atoms with Crippen LogP contribution in [0.2, 0.25) is 0 Å². The van der Waals surface area contributed by atoms with Gasteiger partial charge in [0.05, 0.1) is 12.2 Å². The number of fused-ring (bicyclic) bond motifs is 1. The van der Waals surface area contributed by atoms with E-state index in [2.05, 4.69) is 4.98 Å². The van der Waals surface area contributed by atoms with E-state index in [0.29, 0.717) is 31.2 Å². The van der Waals surface area contributed by atoms with Crippen molar-refractivity contribution in [2.45, 2.75) is 19.4 Å². The van der Waals surface area contributed by atoms with Crippen molar-refractivity contribution >= 4 is 17.4 Å². The number of ether oxygens (including phenoxy) is 1. The molecule has 106 valence electrons. The van der Waals surface area contributed by atoms with Crippen LogP contribution in [0.15, 0.2) is 24.4 Å². The van der Waals surface area contributed by atoms with E-state index in [0.717, 1.165) is 0 Å². The van der Waals surface area contributed by atoms with Crippen LogP contribution in [0.25, 0.3) is 5.65 Å². The molecule has 20 heavy (non-hydrogen) atoms. The molecule has 2 aromatic heterocycles. The molecule has 1 saturated heterocycles. The molecule has 1 N–H and O–H groups in total. The van der Waals surface area contributed by atoms with Gasteiger partial charge in [-0.25, -0.2) is 9.78 Å². The Hall–Kier alpha value is -2.08. The Bertz CT molecular complexity index is 663. The summed E-state index contributed by atoms with van der Waals surface area (Å²) >= 11 is 0. The highest BCUT2D eigenvalue weighted by Gasteiger charge is 2.31. The number of morpholine rings is 1. The Morgan fingerprint density at radius 3 is 2.95 bits per heavy atom. The van der Waals surface area contributed by atoms with E-state index in [-0.39, 0.29) is 11.3 Å². The van der Waals surface area contributed by atoms with Crippen LogP contribution in [0.3, 0.4) is 0 Å². The summed E-state index contributed by atoms with van der Waals surface area (Å²) in [5.41, 5.74) is 0.548. The highest BCUT2D eigenvalue weighted by molar-refractivity contribution is 5.93. The fourth-order valence-corrected chi connectivity index (χ4v) is 2.60. The summed E-state index contributed by atoms with van der Waals surface area (Å²) in [6.45, 7) is 5.83. The second kappa shape index (κ2) is 4.49. The van der Waals surface area contributed by atoms with Gasteiger partial charge in [0.1, 0.15) is 5.65 Å². The van der Waals surface area contributed by atoms with Gasteiger partial charge in [-0.05, 0) is 26.0 Å². The Morgan fingerprint density at radius 2 is 2.25 bits per heavy atom. The van der Waals surface area contributed by atoms with Crippen molar-refractivity contribution in [2.24, 2.45) is 0 Å². The van der Waals surface area contributed by atoms with Crippen LogP contribution in [0, 0.1) is 0 Å². The molecule has 0 atom stereocenters. The molecule has 6 heteroatoms. The fraction of sp³-hybridized carbons (Fsp3) is 0.429. The highest BCUT2D eigenvalue weighted by Crippen LogP contribution is 2.26. The molecule has 1 aliphatic rings. The van der Waals surface area contributed by atoms with Crippen LogP contribution in [0.5, 0.6) is 0 Å². The summed E-state index contributed by atoms with van der Waals surface area (Å²) in [5, 5.41) is 9.49. The normalized spacial score (nSPS) is 18.4. The van der Waals surface area contributed by atoms with E-state index in [4.69, 9.17) is 4.74 Å². The Balaban J connectivity index is 2.11. The maximum absolute atomic E-state index is 11.6. The molecular formula is C14H17N3O3. The molecular weight excluding hydrogens is 258 g/mol. The standard InChI is InChI=1S/C14H17N3O3/c1-14(2)9-16(7-8-20-14)12-11(13(18)19)17-6-4-3-5-10(17)15-12/h3-6H,7-9H2,1-2H3,(H,18,19). The van der Waals surface area contributed by atoms with Gasteiger partial charge >= 0.3 is 5.97 Å². The molecule has 3 heterocycles. The lowest BCUT2D eigenvalue weighted by Gasteiger charge is -2.38. The Labute approximate surface area is 116 Å². The second-order valence-corrected chi connectivity index (χ2v) is 5.55. The van der Waals surface area contributed by atoms with Crippen molar-refractivity contribution < 1.29 is 14.6 Å². The third-order valence-corrected chi connectivity index (χ3v) is 3.44. The smallest absolute Gasteiger partial charge is 0.356 e. The summed E-state index contributed by atoms with van der Waals surface area (Å²) < 4.78 is 7.28. The van der Waals surface area contributed by atoms with Crippen molar-refractivity contribution in [3.63, 3.8) is 0 Å². The predicted octanol–water partition coefficient (Wildman–Crippen LogP) is 1.65. The van der Waals surface area contributed by atoms with Gasteiger partial charge in [0.2, 0.25) is 0 Å². The third-order valence-electron chi connectivity index (χ3n) is 3.44. The predicted molar refractivity (Wildman–Crippen MR) is 74.4 cm³/mol. The van der Waals surface area contributed by atoms with Crippen molar-refractivity contribution in [1.29, 1.82) is 0 Å². The number of pyridine rings is 1. The first-order valence-electron chi connectivity index (χ1n) is 6.57. The van der Waals surface area contributed by atoms with E-state index in [1.54, 1.807) is 16.7 Å². The monoisotopic (exact) mass is 275 g/mol. The van der Waals surface area contributed by atoms with Crippen molar-refractivity contribution in [3.8, 4) is 0 Å². The summed E-state index contributed by atoms with van der Waals surface area (Å²) in [6, 6.07) is 5.46. The molecule has 0 aromatic carbocycles. The van der Waals surface area contributed by atoms with Crippen LogP contribution < -0.4 is 4.90 Å². The second-order valence-electron chi connectivity index (χ2n) is 5.55. The number of nitrogens with zero attached hydrogens (tertiary/aromatic N) is 3. The van der Waals surface area contributed by atoms with Gasteiger partial charge in [-0.1, -0.05) is 6.07 Å². The average molecular weight is 275 g/mol. The maximum Gasteiger partial charge on any atom is 0.356 e. The molecule has 0 unspecified atom stereocenters. The number of hydrogen-bond acceptors (Lipinski definition) is 4. The van der Waals surface area contributed by atoms with Crippen molar-refractivity contribution in [1.82, 2.24) is 9.38 Å². The average Bonchev–Trinajstić information content (AvgIpc) is 2.76. The van der Waals surface area contributed by atoms with Gasteiger partial charge < -0.3 is 14.7 Å². The third kappa shape index (κ3) is 2.12. The lowest BCUT2D eigenvalue weighted by molar-refractivity contribution is -0.0279. The lowest BCUT2D eigenvalue weighted by atomic mass is 10.1. The number of carboxylic acids is 1. The number of aromatic carboxylic acids is 1. The molecule has 2 aromatic rings. The highest BCUT2D eigenvalue weighted by atomic mass is 16.5. The van der Waals surface area contributed by atoms with Crippen LogP contribution in [0.1, 0.15) is 24.3 Å². The van der Waals surface area contributed by atoms with E-state index >= 15 is 0 Å². The Morgan fingerprint density at radius 1 is 1.45 bits per heavy atom. The van der Waals surface area contributed by atoms with Crippen LogP contribution >= 0.6 is 0 Å². The van der Waals surface area contributed by atoms with Gasteiger partial charge in [0.25, 0.3) is 0 Å². The van der Waals surface area contributed by atoms with E-state index in [9.17, 15) is 9.90 Å². The fourth-order valence-electron chi connectivity index (χ4n) is 2.60. The molecule has 0 aliphatic carbocycles. The number of carbonyl (C=O) groups is 1. The number of carboxylic acid groups (broad SMARTS) is 1. The first-order valence-corrected chi connectivity index (χ1v) is 6.57. The van der Waals surface area contributed by atoms with Gasteiger partial charge in [-0.15, -0.1) is 0 Å². The zero-order valence-corrected chi connectivity index (χ0v) is 11.5. The minimum Gasteiger partial charge on any atom is -0.476 e. The molecule has 1 aliphatic heterocycles. The minimum atomic E-state index is -0.969. The van der Waals surface area contributed by atoms with Gasteiger partial charge in [0.15, 0.2) is 11.5 Å². The SMILES string of the molecule is CC1(C)CN(c2nc3ccccn3c2C(=O)O)CCO1. The number of imidazole rings is 1. The first-order chi connectivity index (χ1) is 9.48. The molecule has 0 spiro atoms. The lowest BCUT2D eigenvalue weighted by Crippen LogP contribution is -2.48. The van der Waals surface area contributed by atoms with Crippen molar-refractivity contribution in [2.75, 3.05) is 24.6 Å². The van der Waals surface area contributed by atoms with E-state index in [1.165, 1.54) is 0 Å². The summed E-state index contributed by atoms with van der Waals surface area (Å²) in [4.78, 5) is 18.0. The van der Waals surface area contributed by atoms with E-state index in [1.807, 2.05) is 30.9 Å². The largest absolute Gasteiger partial charge is 0.476 e. The summed E-state index contributed by atoms with van der Waals surface area (Å²) in [7, 11) is 0. The molecule has 3 rings (SSSR count). The minimum absolute atomic E-state index is 0.207. The molecule has 0 saturated carbocycles. The topological polar surface area (TPSA) is 67.1 Å². The van der Waals surface area contributed by atoms with Gasteiger partial charge in [-0.2, -0.15) is 0 Å². The maximum atomic E-state index is 11.6. The number of aromatic nitrogens is 2. The number of rotatable bonds is 2. The first kappa shape index (κ1) is 12.9. The van der Waals surface area contributed by atoms with Crippen LogP contribution in [-0.4, -0.2) is 45.8 Å². The van der Waals surface area contributed by atoms with Gasteiger partial charge in [-0.3, -0.25) is 4.40 Å². The van der Waals surface area contributed by atoms with Crippen LogP contribution in [0.4, 0.5) is 5.82 Å². The molecule has 0 radical (unpaired) electrons. The van der Waals surface area contributed by atoms with E-state index < -0.39 is 5.97 Å². The molecule has 6 nitrogen and oxygen atoms in total. The van der Waals surface area contributed by atoms with Crippen LogP contribution in [-0.2, 0) is 4.74 Å². The molecule has 0 bridgehead atoms. The van der Waals surface area contributed by atoms with Crippen molar-refractivity contribution in [3.05, 3.63) is 30.1 Å². The Kier molecular flexibility index (Phi) is 2.90. The number of anilines is 1. The quantitative estimate of drug-likeness (QED) is 0.902.